The largest absolute Gasteiger partial charge is 0.494 e. The number of carbonyl (C=O) groups is 1. The van der Waals surface area contributed by atoms with Crippen LogP contribution >= 0.6 is 22.7 Å². The number of hydrogen-bond acceptors (Lipinski definition) is 7. The molecule has 0 bridgehead atoms. The highest BCUT2D eigenvalue weighted by molar-refractivity contribution is 7.11. The molecule has 0 saturated carbocycles. The smallest absolute Gasteiger partial charge is 0.338 e. The van der Waals surface area contributed by atoms with Crippen LogP contribution in [-0.4, -0.2) is 24.3 Å². The van der Waals surface area contributed by atoms with Gasteiger partial charge in [-0.05, 0) is 48.6 Å². The van der Waals surface area contributed by atoms with Gasteiger partial charge in [0, 0.05) is 4.88 Å². The first kappa shape index (κ1) is 23.2. The van der Waals surface area contributed by atoms with Crippen molar-refractivity contribution < 1.29 is 14.3 Å². The summed E-state index contributed by atoms with van der Waals surface area (Å²) in [6, 6.07) is 10.9. The summed E-state index contributed by atoms with van der Waals surface area (Å²) in [6.45, 7) is 4.60. The number of aromatic nitrogens is 1. The highest BCUT2D eigenvalue weighted by Crippen LogP contribution is 2.31. The number of methoxy groups -OCH3 is 1. The van der Waals surface area contributed by atoms with Crippen molar-refractivity contribution in [1.29, 1.82) is 0 Å². The molecule has 172 valence electrons. The van der Waals surface area contributed by atoms with Crippen LogP contribution in [0.3, 0.4) is 0 Å². The molecule has 3 heterocycles. The van der Waals surface area contributed by atoms with E-state index in [1.807, 2.05) is 47.9 Å². The van der Waals surface area contributed by atoms with Gasteiger partial charge < -0.3 is 9.47 Å². The predicted octanol–water partition coefficient (Wildman–Crippen LogP) is 4.04. The molecule has 8 heteroatoms. The Hall–Kier alpha value is -2.97. The van der Waals surface area contributed by atoms with Crippen LogP contribution in [0.15, 0.2) is 62.8 Å². The molecule has 6 nitrogen and oxygen atoms in total. The number of benzene rings is 1. The highest BCUT2D eigenvalue weighted by atomic mass is 32.1. The minimum absolute atomic E-state index is 0.175. The summed E-state index contributed by atoms with van der Waals surface area (Å²) in [4.78, 5) is 32.3. The van der Waals surface area contributed by atoms with Gasteiger partial charge in [-0.25, -0.2) is 9.79 Å². The number of unbranched alkanes of at least 4 members (excludes halogenated alkanes) is 2. The summed E-state index contributed by atoms with van der Waals surface area (Å²) in [7, 11) is 1.34. The molecule has 33 heavy (non-hydrogen) atoms. The van der Waals surface area contributed by atoms with Crippen molar-refractivity contribution in [2.75, 3.05) is 13.7 Å². The van der Waals surface area contributed by atoms with Crippen LogP contribution in [0.25, 0.3) is 6.08 Å². The highest BCUT2D eigenvalue weighted by Gasteiger charge is 2.33. The van der Waals surface area contributed by atoms with Gasteiger partial charge in [0.05, 0.1) is 35.6 Å². The minimum Gasteiger partial charge on any atom is -0.494 e. The van der Waals surface area contributed by atoms with E-state index in [1.54, 1.807) is 22.8 Å². The molecule has 1 aliphatic heterocycles. The molecule has 4 rings (SSSR count). The number of ether oxygens (including phenoxy) is 2. The summed E-state index contributed by atoms with van der Waals surface area (Å²) in [5, 5.41) is 1.97. The summed E-state index contributed by atoms with van der Waals surface area (Å²) < 4.78 is 13.1. The van der Waals surface area contributed by atoms with E-state index in [0.717, 1.165) is 35.5 Å². The monoisotopic (exact) mass is 482 g/mol. The Morgan fingerprint density at radius 2 is 2.00 bits per heavy atom. The lowest BCUT2D eigenvalue weighted by atomic mass is 9.96. The average molecular weight is 483 g/mol. The van der Waals surface area contributed by atoms with Crippen molar-refractivity contribution >= 4 is 34.7 Å². The molecule has 0 radical (unpaired) electrons. The van der Waals surface area contributed by atoms with E-state index in [1.165, 1.54) is 18.4 Å². The maximum atomic E-state index is 13.4. The number of allylic oxidation sites excluding steroid dienone is 1. The van der Waals surface area contributed by atoms with Crippen LogP contribution < -0.4 is 19.6 Å². The quantitative estimate of drug-likeness (QED) is 0.359. The van der Waals surface area contributed by atoms with Crippen molar-refractivity contribution in [2.45, 2.75) is 39.2 Å². The molecule has 2 aromatic heterocycles. The first-order valence-electron chi connectivity index (χ1n) is 10.9. The van der Waals surface area contributed by atoms with Gasteiger partial charge in [0.1, 0.15) is 5.75 Å². The molecule has 0 amide bonds. The number of thiazole rings is 1. The molecule has 1 atom stereocenters. The Labute approximate surface area is 200 Å². The molecular weight excluding hydrogens is 456 g/mol. The van der Waals surface area contributed by atoms with E-state index in [9.17, 15) is 9.59 Å². The molecule has 3 aromatic rings. The van der Waals surface area contributed by atoms with Gasteiger partial charge in [-0.15, -0.1) is 11.3 Å². The molecule has 1 aromatic carbocycles. The molecule has 1 aliphatic rings. The van der Waals surface area contributed by atoms with Crippen LogP contribution in [0.2, 0.25) is 0 Å². The fourth-order valence-electron chi connectivity index (χ4n) is 3.80. The van der Waals surface area contributed by atoms with E-state index >= 15 is 0 Å². The van der Waals surface area contributed by atoms with Gasteiger partial charge in [-0.2, -0.15) is 0 Å². The van der Waals surface area contributed by atoms with Gasteiger partial charge in [0.25, 0.3) is 5.56 Å². The van der Waals surface area contributed by atoms with Crippen LogP contribution in [0.4, 0.5) is 0 Å². The first-order valence-corrected chi connectivity index (χ1v) is 12.6. The molecular formula is C25H26N2O4S2. The fourth-order valence-corrected chi connectivity index (χ4v) is 5.57. The van der Waals surface area contributed by atoms with Crippen molar-refractivity contribution in [3.63, 3.8) is 0 Å². The Morgan fingerprint density at radius 1 is 1.21 bits per heavy atom. The zero-order chi connectivity index (χ0) is 23.4. The van der Waals surface area contributed by atoms with Crippen LogP contribution in [0.5, 0.6) is 5.75 Å². The fraction of sp³-hybridized carbons (Fsp3) is 0.320. The molecule has 1 unspecified atom stereocenters. The summed E-state index contributed by atoms with van der Waals surface area (Å²) in [5.74, 6) is 0.272. The van der Waals surface area contributed by atoms with Gasteiger partial charge in [0.15, 0.2) is 4.80 Å². The maximum Gasteiger partial charge on any atom is 0.338 e. The molecule has 0 aliphatic carbocycles. The van der Waals surface area contributed by atoms with Crippen molar-refractivity contribution in [1.82, 2.24) is 4.57 Å². The number of rotatable bonds is 8. The number of fused-ring (bicyclic) bond motifs is 1. The second-order valence-corrected chi connectivity index (χ2v) is 9.70. The summed E-state index contributed by atoms with van der Waals surface area (Å²) in [6.07, 6.45) is 5.15. The van der Waals surface area contributed by atoms with E-state index in [4.69, 9.17) is 9.47 Å². The second kappa shape index (κ2) is 10.3. The third-order valence-electron chi connectivity index (χ3n) is 5.46. The number of carbonyl (C=O) groups excluding carboxylic acids is 1. The van der Waals surface area contributed by atoms with Gasteiger partial charge in [0.2, 0.25) is 0 Å². The Morgan fingerprint density at radius 3 is 2.67 bits per heavy atom. The molecule has 0 N–H and O–H groups in total. The summed E-state index contributed by atoms with van der Waals surface area (Å²) >= 11 is 2.89. The topological polar surface area (TPSA) is 69.9 Å². The van der Waals surface area contributed by atoms with E-state index in [2.05, 4.69) is 11.9 Å². The van der Waals surface area contributed by atoms with Gasteiger partial charge >= 0.3 is 5.97 Å². The Bertz CT molecular complexity index is 1330. The zero-order valence-electron chi connectivity index (χ0n) is 18.9. The standard InChI is InChI=1S/C25H26N2O4S2/c1-4-5-6-13-31-18-11-9-17(10-12-18)22-21(24(29)30-3)16(2)26-25-27(22)23(28)20(33-25)15-19-8-7-14-32-19/h7-12,14-15,22H,4-6,13H2,1-3H3. The average Bonchev–Trinajstić information content (AvgIpc) is 3.44. The number of thiophene rings is 1. The molecule has 0 fully saturated rings. The van der Waals surface area contributed by atoms with Crippen LogP contribution in [-0.2, 0) is 9.53 Å². The minimum atomic E-state index is -0.617. The lowest BCUT2D eigenvalue weighted by molar-refractivity contribution is -0.136. The Kier molecular flexibility index (Phi) is 7.25. The van der Waals surface area contributed by atoms with Crippen LogP contribution in [0.1, 0.15) is 49.6 Å². The van der Waals surface area contributed by atoms with Gasteiger partial charge in [-0.3, -0.25) is 9.36 Å². The predicted molar refractivity (Wildman–Crippen MR) is 132 cm³/mol. The normalized spacial score (nSPS) is 15.8. The van der Waals surface area contributed by atoms with Crippen molar-refractivity contribution in [3.05, 3.63) is 83.2 Å². The number of nitrogens with zero attached hydrogens (tertiary/aromatic N) is 2. The lowest BCUT2D eigenvalue weighted by Crippen LogP contribution is -2.39. The van der Waals surface area contributed by atoms with Crippen molar-refractivity contribution in [2.24, 2.45) is 4.99 Å². The van der Waals surface area contributed by atoms with Gasteiger partial charge in [-0.1, -0.05) is 49.3 Å². The number of esters is 1. The maximum absolute atomic E-state index is 13.4. The van der Waals surface area contributed by atoms with E-state index in [-0.39, 0.29) is 5.56 Å². The second-order valence-electron chi connectivity index (χ2n) is 7.71. The summed E-state index contributed by atoms with van der Waals surface area (Å²) in [5.41, 5.74) is 1.54. The van der Waals surface area contributed by atoms with Crippen LogP contribution in [0, 0.1) is 0 Å². The molecule has 0 saturated heterocycles. The number of hydrogen-bond donors (Lipinski definition) is 0. The third-order valence-corrected chi connectivity index (χ3v) is 7.26. The Balaban J connectivity index is 1.78. The SMILES string of the molecule is CCCCCOc1ccc(C2C(C(=O)OC)=C(C)N=c3sc(=Cc4cccs4)c(=O)n32)cc1. The molecule has 0 spiro atoms. The van der Waals surface area contributed by atoms with E-state index in [0.29, 0.717) is 27.2 Å². The lowest BCUT2D eigenvalue weighted by Gasteiger charge is -2.24. The van der Waals surface area contributed by atoms with Crippen molar-refractivity contribution in [3.8, 4) is 5.75 Å². The third kappa shape index (κ3) is 4.86. The zero-order valence-corrected chi connectivity index (χ0v) is 20.5. The first-order chi connectivity index (χ1) is 16.0. The van der Waals surface area contributed by atoms with E-state index < -0.39 is 12.0 Å².